The molecule has 0 spiro atoms. The molecule has 3 rings (SSSR count). The summed E-state index contributed by atoms with van der Waals surface area (Å²) in [6.45, 7) is 7.43. The van der Waals surface area contributed by atoms with E-state index in [1.807, 2.05) is 6.07 Å². The summed E-state index contributed by atoms with van der Waals surface area (Å²) in [7, 11) is 0. The van der Waals surface area contributed by atoms with Crippen LogP contribution >= 0.6 is 0 Å². The van der Waals surface area contributed by atoms with Crippen molar-refractivity contribution < 1.29 is 5.11 Å². The second-order valence-electron chi connectivity index (χ2n) is 5.82. The Morgan fingerprint density at radius 1 is 0.952 bits per heavy atom. The topological polar surface area (TPSA) is 25.2 Å². The molecule has 108 valence electrons. The Bertz CT molecular complexity index is 778. The largest absolute Gasteiger partial charge is 0.392 e. The zero-order valence-electron chi connectivity index (χ0n) is 12.9. The highest BCUT2D eigenvalue weighted by atomic mass is 16.3. The summed E-state index contributed by atoms with van der Waals surface area (Å²) < 4.78 is 2.29. The van der Waals surface area contributed by atoms with Crippen molar-refractivity contribution in [2.24, 2.45) is 0 Å². The number of aliphatic hydroxyl groups excluding tert-OH is 1. The highest BCUT2D eigenvalue weighted by Crippen LogP contribution is 2.25. The van der Waals surface area contributed by atoms with Crippen molar-refractivity contribution in [1.29, 1.82) is 0 Å². The molecule has 0 amide bonds. The van der Waals surface area contributed by atoms with Gasteiger partial charge in [0, 0.05) is 23.6 Å². The number of fused-ring (bicyclic) bond motifs is 1. The van der Waals surface area contributed by atoms with Crippen LogP contribution in [-0.4, -0.2) is 9.67 Å². The van der Waals surface area contributed by atoms with E-state index >= 15 is 0 Å². The van der Waals surface area contributed by atoms with Crippen molar-refractivity contribution in [2.75, 3.05) is 0 Å². The zero-order chi connectivity index (χ0) is 15.0. The van der Waals surface area contributed by atoms with Crippen LogP contribution in [0.3, 0.4) is 0 Å². The van der Waals surface area contributed by atoms with Crippen LogP contribution in [0.5, 0.6) is 0 Å². The monoisotopic (exact) mass is 279 g/mol. The number of nitrogens with zero attached hydrogens (tertiary/aromatic N) is 1. The van der Waals surface area contributed by atoms with E-state index in [9.17, 15) is 5.11 Å². The molecule has 0 saturated heterocycles. The van der Waals surface area contributed by atoms with Gasteiger partial charge in [0.05, 0.1) is 6.61 Å². The number of aliphatic hydroxyl groups is 1. The maximum absolute atomic E-state index is 9.36. The van der Waals surface area contributed by atoms with Gasteiger partial charge in [-0.25, -0.2) is 0 Å². The fraction of sp³-hybridized carbons (Fsp3) is 0.263. The number of benzene rings is 2. The Kier molecular flexibility index (Phi) is 3.56. The maximum Gasteiger partial charge on any atom is 0.0682 e. The van der Waals surface area contributed by atoms with E-state index in [0.717, 1.165) is 12.1 Å². The normalized spacial score (nSPS) is 11.2. The summed E-state index contributed by atoms with van der Waals surface area (Å²) in [4.78, 5) is 0. The Balaban J connectivity index is 2.12. The molecule has 0 bridgehead atoms. The molecule has 2 aromatic carbocycles. The van der Waals surface area contributed by atoms with Gasteiger partial charge in [0.2, 0.25) is 0 Å². The van der Waals surface area contributed by atoms with Crippen LogP contribution in [0.4, 0.5) is 0 Å². The molecular weight excluding hydrogens is 258 g/mol. The quantitative estimate of drug-likeness (QED) is 0.767. The van der Waals surface area contributed by atoms with Crippen LogP contribution in [0, 0.1) is 20.8 Å². The van der Waals surface area contributed by atoms with E-state index in [4.69, 9.17) is 0 Å². The van der Waals surface area contributed by atoms with Gasteiger partial charge in [-0.3, -0.25) is 0 Å². The van der Waals surface area contributed by atoms with Crippen molar-refractivity contribution in [2.45, 2.75) is 33.9 Å². The van der Waals surface area contributed by atoms with E-state index < -0.39 is 0 Å². The SMILES string of the molecule is Cc1cccc(C)c1Cn1cc(C)c2ccc(CO)cc21. The van der Waals surface area contributed by atoms with Gasteiger partial charge in [-0.05, 0) is 54.7 Å². The number of hydrogen-bond acceptors (Lipinski definition) is 1. The molecule has 1 aromatic heterocycles. The molecular formula is C19H21NO. The van der Waals surface area contributed by atoms with Gasteiger partial charge in [-0.15, -0.1) is 0 Å². The van der Waals surface area contributed by atoms with Crippen LogP contribution < -0.4 is 0 Å². The Hall–Kier alpha value is -2.06. The second kappa shape index (κ2) is 5.38. The molecule has 0 atom stereocenters. The lowest BCUT2D eigenvalue weighted by atomic mass is 10.0. The molecule has 2 nitrogen and oxygen atoms in total. The Morgan fingerprint density at radius 2 is 1.67 bits per heavy atom. The molecule has 0 saturated carbocycles. The van der Waals surface area contributed by atoms with Crippen LogP contribution in [-0.2, 0) is 13.2 Å². The fourth-order valence-electron chi connectivity index (χ4n) is 3.02. The summed E-state index contributed by atoms with van der Waals surface area (Å²) in [6.07, 6.45) is 2.21. The molecule has 0 aliphatic heterocycles. The minimum absolute atomic E-state index is 0.0869. The van der Waals surface area contributed by atoms with Gasteiger partial charge in [0.25, 0.3) is 0 Å². The lowest BCUT2D eigenvalue weighted by Crippen LogP contribution is -2.02. The highest BCUT2D eigenvalue weighted by Gasteiger charge is 2.09. The Morgan fingerprint density at radius 3 is 2.33 bits per heavy atom. The first-order valence-electron chi connectivity index (χ1n) is 7.34. The van der Waals surface area contributed by atoms with Gasteiger partial charge in [0.1, 0.15) is 0 Å². The van der Waals surface area contributed by atoms with Crippen LogP contribution in [0.1, 0.15) is 27.8 Å². The number of rotatable bonds is 3. The minimum Gasteiger partial charge on any atom is -0.392 e. The standard InChI is InChI=1S/C19H21NO/c1-13-5-4-6-14(2)18(13)11-20-10-15(3)17-8-7-16(12-21)9-19(17)20/h4-10,21H,11-12H2,1-3H3. The van der Waals surface area contributed by atoms with Crippen LogP contribution in [0.2, 0.25) is 0 Å². The average Bonchev–Trinajstić information content (AvgIpc) is 2.79. The van der Waals surface area contributed by atoms with E-state index in [-0.39, 0.29) is 6.61 Å². The Labute approximate surface area is 125 Å². The molecule has 0 fully saturated rings. The average molecular weight is 279 g/mol. The second-order valence-corrected chi connectivity index (χ2v) is 5.82. The van der Waals surface area contributed by atoms with Gasteiger partial charge in [-0.2, -0.15) is 0 Å². The molecule has 0 aliphatic carbocycles. The van der Waals surface area contributed by atoms with E-state index in [2.05, 4.69) is 61.9 Å². The lowest BCUT2D eigenvalue weighted by Gasteiger charge is -2.12. The summed E-state index contributed by atoms with van der Waals surface area (Å²) in [5.74, 6) is 0. The molecule has 21 heavy (non-hydrogen) atoms. The molecule has 1 heterocycles. The smallest absolute Gasteiger partial charge is 0.0682 e. The molecule has 0 unspecified atom stereocenters. The van der Waals surface area contributed by atoms with Crippen molar-refractivity contribution in [1.82, 2.24) is 4.57 Å². The maximum atomic E-state index is 9.36. The third kappa shape index (κ3) is 2.47. The predicted octanol–water partition coefficient (Wildman–Crippen LogP) is 4.11. The lowest BCUT2D eigenvalue weighted by molar-refractivity contribution is 0.282. The number of aromatic nitrogens is 1. The predicted molar refractivity (Wildman–Crippen MR) is 87.6 cm³/mol. The summed E-state index contributed by atoms with van der Waals surface area (Å²) in [6, 6.07) is 12.6. The van der Waals surface area contributed by atoms with Crippen molar-refractivity contribution in [3.05, 3.63) is 70.4 Å². The van der Waals surface area contributed by atoms with E-state index in [1.54, 1.807) is 0 Å². The molecule has 1 N–H and O–H groups in total. The van der Waals surface area contributed by atoms with Crippen molar-refractivity contribution in [3.63, 3.8) is 0 Å². The van der Waals surface area contributed by atoms with Crippen LogP contribution in [0.15, 0.2) is 42.6 Å². The molecule has 0 aliphatic rings. The summed E-state index contributed by atoms with van der Waals surface area (Å²) >= 11 is 0. The number of hydrogen-bond donors (Lipinski definition) is 1. The van der Waals surface area contributed by atoms with Crippen LogP contribution in [0.25, 0.3) is 10.9 Å². The summed E-state index contributed by atoms with van der Waals surface area (Å²) in [5, 5.41) is 10.6. The molecule has 2 heteroatoms. The first-order chi connectivity index (χ1) is 10.1. The molecule has 0 radical (unpaired) electrons. The molecule has 3 aromatic rings. The van der Waals surface area contributed by atoms with Gasteiger partial charge in [0.15, 0.2) is 0 Å². The zero-order valence-corrected chi connectivity index (χ0v) is 12.9. The first-order valence-corrected chi connectivity index (χ1v) is 7.34. The third-order valence-electron chi connectivity index (χ3n) is 4.30. The first kappa shape index (κ1) is 13.9. The van der Waals surface area contributed by atoms with Gasteiger partial charge in [-0.1, -0.05) is 30.3 Å². The van der Waals surface area contributed by atoms with Gasteiger partial charge >= 0.3 is 0 Å². The van der Waals surface area contributed by atoms with E-state index in [0.29, 0.717) is 0 Å². The minimum atomic E-state index is 0.0869. The van der Waals surface area contributed by atoms with Crippen molar-refractivity contribution in [3.8, 4) is 0 Å². The van der Waals surface area contributed by atoms with Gasteiger partial charge < -0.3 is 9.67 Å². The summed E-state index contributed by atoms with van der Waals surface area (Å²) in [5.41, 5.74) is 7.47. The van der Waals surface area contributed by atoms with Crippen molar-refractivity contribution >= 4 is 10.9 Å². The van der Waals surface area contributed by atoms with E-state index in [1.165, 1.54) is 33.2 Å². The highest BCUT2D eigenvalue weighted by molar-refractivity contribution is 5.84. The third-order valence-corrected chi connectivity index (χ3v) is 4.30. The number of aryl methyl sites for hydroxylation is 3. The fourth-order valence-corrected chi connectivity index (χ4v) is 3.02.